The number of benzene rings is 1. The average molecular weight is 326 g/mol. The van der Waals surface area contributed by atoms with Crippen LogP contribution in [0, 0.1) is 17.2 Å². The van der Waals surface area contributed by atoms with Crippen molar-refractivity contribution in [1.82, 2.24) is 0 Å². The summed E-state index contributed by atoms with van der Waals surface area (Å²) in [6.07, 6.45) is 4.36. The van der Waals surface area contributed by atoms with Crippen molar-refractivity contribution in [3.8, 4) is 10.4 Å². The molecule has 0 unspecified atom stereocenters. The number of nitrogens with zero attached hydrogens (tertiary/aromatic N) is 1. The molecule has 0 atom stereocenters. The molecule has 0 aliphatic carbocycles. The van der Waals surface area contributed by atoms with Crippen molar-refractivity contribution in [1.29, 1.82) is 0 Å². The third-order valence-corrected chi connectivity index (χ3v) is 3.73. The van der Waals surface area contributed by atoms with Gasteiger partial charge < -0.3 is 0 Å². The Hall–Kier alpha value is -1.54. The minimum Gasteiger partial charge on any atom is -0.222 e. The Bertz CT molecular complexity index is 719. The van der Waals surface area contributed by atoms with Gasteiger partial charge in [-0.2, -0.15) is 4.40 Å². The summed E-state index contributed by atoms with van der Waals surface area (Å²) < 4.78 is 36.2. The highest BCUT2D eigenvalue weighted by Gasteiger charge is 2.10. The first-order valence-electron chi connectivity index (χ1n) is 5.91. The second kappa shape index (κ2) is 6.48. The number of hydrogen-bond acceptors (Lipinski definition) is 5. The lowest BCUT2D eigenvalue weighted by molar-refractivity contribution is -2.00. The minimum absolute atomic E-state index is 1.28. The van der Waals surface area contributed by atoms with E-state index in [1.807, 2.05) is 17.4 Å². The van der Waals surface area contributed by atoms with E-state index in [9.17, 15) is 0 Å². The smallest absolute Gasteiger partial charge is 0.222 e. The van der Waals surface area contributed by atoms with Gasteiger partial charge in [0.15, 0.2) is 12.4 Å². The second-order valence-corrected chi connectivity index (χ2v) is 6.11. The molecule has 1 aromatic carbocycles. The summed E-state index contributed by atoms with van der Waals surface area (Å²) in [4.78, 5) is 2.59. The normalized spacial score (nSPS) is 11.1. The van der Waals surface area contributed by atoms with Crippen molar-refractivity contribution >= 4 is 16.2 Å². The van der Waals surface area contributed by atoms with Gasteiger partial charge in [0, 0.05) is 11.6 Å². The minimum atomic E-state index is -4.94. The van der Waals surface area contributed by atoms with Gasteiger partial charge in [-0.3, -0.25) is 0 Å². The summed E-state index contributed by atoms with van der Waals surface area (Å²) in [5, 5.41) is 0. The van der Waals surface area contributed by atoms with Gasteiger partial charge in [-0.05, 0) is 18.6 Å². The van der Waals surface area contributed by atoms with Crippen molar-refractivity contribution in [2.45, 2.75) is 6.92 Å². The van der Waals surface area contributed by atoms with E-state index in [0.717, 1.165) is 0 Å². The van der Waals surface area contributed by atoms with E-state index in [2.05, 4.69) is 60.1 Å². The van der Waals surface area contributed by atoms with Gasteiger partial charge >= 0.3 is 0 Å². The van der Waals surface area contributed by atoms with Crippen molar-refractivity contribution in [2.24, 2.45) is 0 Å². The molecule has 3 rings (SSSR count). The van der Waals surface area contributed by atoms with Crippen LogP contribution in [0.5, 0.6) is 0 Å². The maximum Gasteiger partial charge on any atom is 0.267 e. The molecule has 3 aromatic rings. The lowest BCUT2D eigenvalue weighted by Gasteiger charge is -2.17. The molecular formula is C14H12ClNO4S. The molecule has 0 saturated heterocycles. The highest BCUT2D eigenvalue weighted by molar-refractivity contribution is 7.20. The third kappa shape index (κ3) is 5.05. The summed E-state index contributed by atoms with van der Waals surface area (Å²) in [5.41, 5.74) is 2.57. The molecule has 0 fully saturated rings. The Balaban J connectivity index is 0.000000282. The molecule has 7 heteroatoms. The monoisotopic (exact) mass is 325 g/mol. The summed E-state index contributed by atoms with van der Waals surface area (Å²) >= 11 is 1.82. The first kappa shape index (κ1) is 15.8. The van der Waals surface area contributed by atoms with Crippen LogP contribution >= 0.6 is 11.3 Å². The Morgan fingerprint density at radius 2 is 1.52 bits per heavy atom. The standard InChI is InChI=1S/C14H12NS.ClHO4/c1-11-7-8-14-15(9-11)10-13(16-14)12-5-3-2-4-6-12;2-1(3,4)5/h2-10H,1H3;(H,2,3,4,5)/q+1;/p-1. The number of pyridine rings is 1. The molecule has 21 heavy (non-hydrogen) atoms. The van der Waals surface area contributed by atoms with E-state index in [-0.39, 0.29) is 0 Å². The zero-order valence-electron chi connectivity index (χ0n) is 11.1. The van der Waals surface area contributed by atoms with E-state index in [1.54, 1.807) is 0 Å². The van der Waals surface area contributed by atoms with Gasteiger partial charge in [0.25, 0.3) is 4.83 Å². The summed E-state index contributed by atoms with van der Waals surface area (Å²) in [5.74, 6) is 0. The van der Waals surface area contributed by atoms with Crippen LogP contribution in [0.2, 0.25) is 0 Å². The van der Waals surface area contributed by atoms with Crippen LogP contribution in [0.25, 0.3) is 15.3 Å². The Kier molecular flexibility index (Phi) is 4.89. The van der Waals surface area contributed by atoms with Crippen molar-refractivity contribution < 1.29 is 33.3 Å². The molecule has 0 spiro atoms. The van der Waals surface area contributed by atoms with Crippen LogP contribution in [-0.2, 0) is 0 Å². The Morgan fingerprint density at radius 3 is 2.14 bits per heavy atom. The molecule has 110 valence electrons. The summed E-state index contributed by atoms with van der Waals surface area (Å²) in [7, 11) is -4.94. The third-order valence-electron chi connectivity index (χ3n) is 2.62. The van der Waals surface area contributed by atoms with E-state index >= 15 is 0 Å². The highest BCUT2D eigenvalue weighted by Crippen LogP contribution is 2.25. The number of fused-ring (bicyclic) bond motifs is 1. The van der Waals surface area contributed by atoms with Crippen molar-refractivity contribution in [3.63, 3.8) is 0 Å². The van der Waals surface area contributed by atoms with E-state index in [0.29, 0.717) is 0 Å². The Labute approximate surface area is 127 Å². The molecule has 0 amide bonds. The first-order chi connectivity index (χ1) is 9.83. The molecule has 5 nitrogen and oxygen atoms in total. The lowest BCUT2D eigenvalue weighted by atomic mass is 10.2. The number of hydrogen-bond donors (Lipinski definition) is 0. The quantitative estimate of drug-likeness (QED) is 0.520. The van der Waals surface area contributed by atoms with Gasteiger partial charge in [-0.25, -0.2) is 18.6 Å². The molecule has 0 radical (unpaired) electrons. The second-order valence-electron chi connectivity index (χ2n) is 4.29. The van der Waals surface area contributed by atoms with Gasteiger partial charge in [-0.15, -0.1) is 10.2 Å². The fourth-order valence-corrected chi connectivity index (χ4v) is 2.80. The Morgan fingerprint density at radius 1 is 0.905 bits per heavy atom. The van der Waals surface area contributed by atoms with Crippen molar-refractivity contribution in [3.05, 3.63) is 60.4 Å². The zero-order chi connectivity index (χ0) is 15.5. The number of halogens is 1. The molecular weight excluding hydrogens is 314 g/mol. The molecule has 0 aliphatic heterocycles. The van der Waals surface area contributed by atoms with Crippen LogP contribution in [0.15, 0.2) is 54.9 Å². The largest absolute Gasteiger partial charge is 0.267 e. The number of thiazole rings is 1. The molecule has 2 heterocycles. The van der Waals surface area contributed by atoms with Crippen LogP contribution in [-0.4, -0.2) is 0 Å². The molecule has 0 saturated carbocycles. The predicted molar refractivity (Wildman–Crippen MR) is 67.7 cm³/mol. The van der Waals surface area contributed by atoms with Crippen LogP contribution < -0.4 is 23.0 Å². The number of aryl methyl sites for hydroxylation is 1. The van der Waals surface area contributed by atoms with Crippen molar-refractivity contribution in [2.75, 3.05) is 0 Å². The van der Waals surface area contributed by atoms with E-state index < -0.39 is 10.2 Å². The lowest BCUT2D eigenvalue weighted by Crippen LogP contribution is -2.68. The highest BCUT2D eigenvalue weighted by atomic mass is 35.7. The predicted octanol–water partition coefficient (Wildman–Crippen LogP) is -1.29. The summed E-state index contributed by atoms with van der Waals surface area (Å²) in [6.45, 7) is 2.12. The number of aromatic nitrogens is 1. The van der Waals surface area contributed by atoms with E-state index in [4.69, 9.17) is 18.6 Å². The topological polar surface area (TPSA) is 96.3 Å². The fraction of sp³-hybridized carbons (Fsp3) is 0.0714. The van der Waals surface area contributed by atoms with Gasteiger partial charge in [0.2, 0.25) is 0 Å². The molecule has 2 aromatic heterocycles. The maximum absolute atomic E-state index is 8.49. The summed E-state index contributed by atoms with van der Waals surface area (Å²) in [6, 6.07) is 14.8. The zero-order valence-corrected chi connectivity index (χ0v) is 12.6. The van der Waals surface area contributed by atoms with Gasteiger partial charge in [0.1, 0.15) is 4.88 Å². The fourth-order valence-electron chi connectivity index (χ4n) is 1.80. The SMILES string of the molecule is Cc1ccc2sc(-c3ccccc3)c[n+]2c1.[O-][Cl+3]([O-])([O-])[O-]. The van der Waals surface area contributed by atoms with Crippen LogP contribution in [0.4, 0.5) is 0 Å². The van der Waals surface area contributed by atoms with Crippen LogP contribution in [0.1, 0.15) is 5.56 Å². The van der Waals surface area contributed by atoms with E-state index in [1.165, 1.54) is 20.8 Å². The maximum atomic E-state index is 8.49. The van der Waals surface area contributed by atoms with Gasteiger partial charge in [0.05, 0.1) is 0 Å². The van der Waals surface area contributed by atoms with Crippen LogP contribution in [0.3, 0.4) is 0 Å². The van der Waals surface area contributed by atoms with Gasteiger partial charge in [-0.1, -0.05) is 41.7 Å². The molecule has 0 bridgehead atoms. The average Bonchev–Trinajstić information content (AvgIpc) is 2.81. The number of rotatable bonds is 1. The first-order valence-corrected chi connectivity index (χ1v) is 7.97. The molecule has 0 aliphatic rings. The molecule has 0 N–H and O–H groups in total.